The predicted molar refractivity (Wildman–Crippen MR) is 93.5 cm³/mol. The van der Waals surface area contributed by atoms with Crippen LogP contribution in [0.15, 0.2) is 36.9 Å². The fourth-order valence-electron chi connectivity index (χ4n) is 4.44. The average molecular weight is 340 g/mol. The molecule has 0 bridgehead atoms. The molecular weight excluding hydrogens is 316 g/mol. The first-order valence-corrected chi connectivity index (χ1v) is 9.10. The number of hydrogen-bond donors (Lipinski definition) is 1. The molecule has 2 atom stereocenters. The molecule has 2 saturated carbocycles. The van der Waals surface area contributed by atoms with Crippen molar-refractivity contribution in [2.75, 3.05) is 6.61 Å². The minimum Gasteiger partial charge on any atom is -0.378 e. The maximum absolute atomic E-state index is 12.7. The lowest BCUT2D eigenvalue weighted by molar-refractivity contribution is -0.127. The number of ether oxygens (including phenoxy) is 1. The average Bonchev–Trinajstić information content (AvgIpc) is 3.33. The van der Waals surface area contributed by atoms with Crippen molar-refractivity contribution in [2.45, 2.75) is 51.2 Å². The first-order valence-electron chi connectivity index (χ1n) is 9.10. The Morgan fingerprint density at radius 2 is 2.08 bits per heavy atom. The van der Waals surface area contributed by atoms with Gasteiger partial charge in [0.25, 0.3) is 5.91 Å². The quantitative estimate of drug-likeness (QED) is 0.909. The molecule has 2 aliphatic rings. The molecule has 6 nitrogen and oxygen atoms in total. The summed E-state index contributed by atoms with van der Waals surface area (Å²) in [5.74, 6) is -0.00337. The van der Waals surface area contributed by atoms with Gasteiger partial charge in [0, 0.05) is 23.6 Å². The van der Waals surface area contributed by atoms with Crippen LogP contribution in [-0.4, -0.2) is 39.4 Å². The Labute approximate surface area is 147 Å². The Hall–Kier alpha value is -2.21. The van der Waals surface area contributed by atoms with Crippen LogP contribution < -0.4 is 5.32 Å². The molecular formula is C19H24N4O2. The summed E-state index contributed by atoms with van der Waals surface area (Å²) < 4.78 is 7.60. The molecule has 0 unspecified atom stereocenters. The largest absolute Gasteiger partial charge is 0.378 e. The summed E-state index contributed by atoms with van der Waals surface area (Å²) in [6.45, 7) is 2.79. The lowest BCUT2D eigenvalue weighted by Crippen LogP contribution is -2.63. The van der Waals surface area contributed by atoms with E-state index in [0.29, 0.717) is 11.7 Å². The summed E-state index contributed by atoms with van der Waals surface area (Å²) in [5.41, 5.74) is 1.73. The third-order valence-corrected chi connectivity index (χ3v) is 5.81. The van der Waals surface area contributed by atoms with E-state index in [1.54, 1.807) is 11.0 Å². The summed E-state index contributed by atoms with van der Waals surface area (Å²) in [7, 11) is 0. The monoisotopic (exact) mass is 340 g/mol. The van der Waals surface area contributed by atoms with Crippen molar-refractivity contribution in [1.82, 2.24) is 20.1 Å². The Morgan fingerprint density at radius 1 is 1.32 bits per heavy atom. The molecule has 1 spiro atoms. The second-order valence-corrected chi connectivity index (χ2v) is 7.03. The lowest BCUT2D eigenvalue weighted by atomic mass is 9.60. The molecule has 0 saturated heterocycles. The van der Waals surface area contributed by atoms with Gasteiger partial charge in [-0.2, -0.15) is 5.10 Å². The van der Waals surface area contributed by atoms with Crippen LogP contribution in [0, 0.1) is 5.41 Å². The fourth-order valence-corrected chi connectivity index (χ4v) is 4.44. The fraction of sp³-hybridized carbons (Fsp3) is 0.526. The Bertz CT molecular complexity index is 720. The van der Waals surface area contributed by atoms with Crippen LogP contribution in [-0.2, 0) is 4.74 Å². The molecule has 1 amide bonds. The molecule has 1 N–H and O–H groups in total. The molecule has 0 radical (unpaired) electrons. The first kappa shape index (κ1) is 16.3. The van der Waals surface area contributed by atoms with Crippen LogP contribution in [0.5, 0.6) is 0 Å². The van der Waals surface area contributed by atoms with Gasteiger partial charge in [0.15, 0.2) is 0 Å². The third-order valence-electron chi connectivity index (χ3n) is 5.81. The molecule has 132 valence electrons. The van der Waals surface area contributed by atoms with Crippen LogP contribution in [0.3, 0.4) is 0 Å². The van der Waals surface area contributed by atoms with Crippen LogP contribution in [0.4, 0.5) is 0 Å². The van der Waals surface area contributed by atoms with Crippen LogP contribution >= 0.6 is 0 Å². The second kappa shape index (κ2) is 6.59. The van der Waals surface area contributed by atoms with Gasteiger partial charge in [0.2, 0.25) is 0 Å². The number of benzene rings is 1. The normalized spacial score (nSPS) is 24.2. The first-order chi connectivity index (χ1) is 12.2. The summed E-state index contributed by atoms with van der Waals surface area (Å²) in [5, 5.41) is 7.35. The molecule has 1 aromatic carbocycles. The smallest absolute Gasteiger partial charge is 0.251 e. The van der Waals surface area contributed by atoms with E-state index in [4.69, 9.17) is 4.74 Å². The van der Waals surface area contributed by atoms with Crippen molar-refractivity contribution in [1.29, 1.82) is 0 Å². The van der Waals surface area contributed by atoms with Gasteiger partial charge in [-0.1, -0.05) is 12.8 Å². The number of carbonyl (C=O) groups is 1. The van der Waals surface area contributed by atoms with Crippen molar-refractivity contribution in [3.05, 3.63) is 42.5 Å². The van der Waals surface area contributed by atoms with Crippen LogP contribution in [0.25, 0.3) is 5.69 Å². The molecule has 2 fully saturated rings. The van der Waals surface area contributed by atoms with Gasteiger partial charge < -0.3 is 10.1 Å². The van der Waals surface area contributed by atoms with E-state index in [0.717, 1.165) is 31.6 Å². The van der Waals surface area contributed by atoms with Crippen molar-refractivity contribution in [3.63, 3.8) is 0 Å². The standard InChI is InChI=1S/C19H24N4O2/c1-2-25-17-11-16(19(17)9-3-4-10-19)22-18(24)14-5-7-15(8-6-14)23-13-20-12-21-23/h5-8,12-13,16-17H,2-4,9-11H2,1H3,(H,22,24)/t16-,17-/m0/s1. The van der Waals surface area contributed by atoms with E-state index in [1.807, 2.05) is 31.2 Å². The summed E-state index contributed by atoms with van der Waals surface area (Å²) >= 11 is 0. The number of nitrogens with zero attached hydrogens (tertiary/aromatic N) is 3. The van der Waals surface area contributed by atoms with Crippen molar-refractivity contribution < 1.29 is 9.53 Å². The van der Waals surface area contributed by atoms with Gasteiger partial charge in [0.1, 0.15) is 12.7 Å². The van der Waals surface area contributed by atoms with Crippen molar-refractivity contribution in [2.24, 2.45) is 5.41 Å². The van der Waals surface area contributed by atoms with Gasteiger partial charge in [-0.05, 0) is 50.5 Å². The molecule has 1 aromatic heterocycles. The van der Waals surface area contributed by atoms with Crippen LogP contribution in [0.1, 0.15) is 49.4 Å². The number of rotatable bonds is 5. The topological polar surface area (TPSA) is 69.0 Å². The lowest BCUT2D eigenvalue weighted by Gasteiger charge is -2.54. The van der Waals surface area contributed by atoms with E-state index in [-0.39, 0.29) is 17.4 Å². The zero-order chi connectivity index (χ0) is 17.3. The summed E-state index contributed by atoms with van der Waals surface area (Å²) in [6.07, 6.45) is 9.16. The van der Waals surface area contributed by atoms with Gasteiger partial charge in [-0.15, -0.1) is 0 Å². The minimum atomic E-state index is -0.00337. The Balaban J connectivity index is 1.43. The molecule has 1 heterocycles. The molecule has 0 aliphatic heterocycles. The highest BCUT2D eigenvalue weighted by Crippen LogP contribution is 2.54. The van der Waals surface area contributed by atoms with E-state index in [9.17, 15) is 4.79 Å². The van der Waals surface area contributed by atoms with Crippen molar-refractivity contribution in [3.8, 4) is 5.69 Å². The van der Waals surface area contributed by atoms with Gasteiger partial charge in [-0.3, -0.25) is 4.79 Å². The zero-order valence-corrected chi connectivity index (χ0v) is 14.5. The third kappa shape index (κ3) is 2.84. The number of amides is 1. The second-order valence-electron chi connectivity index (χ2n) is 7.03. The van der Waals surface area contributed by atoms with E-state index in [1.165, 1.54) is 19.2 Å². The van der Waals surface area contributed by atoms with Gasteiger partial charge >= 0.3 is 0 Å². The summed E-state index contributed by atoms with van der Waals surface area (Å²) in [6, 6.07) is 7.69. The molecule has 2 aromatic rings. The number of hydrogen-bond acceptors (Lipinski definition) is 4. The molecule has 6 heteroatoms. The molecule has 4 rings (SSSR count). The zero-order valence-electron chi connectivity index (χ0n) is 14.5. The van der Waals surface area contributed by atoms with Crippen molar-refractivity contribution >= 4 is 5.91 Å². The number of carbonyl (C=O) groups excluding carboxylic acids is 1. The maximum atomic E-state index is 12.7. The number of aromatic nitrogens is 3. The van der Waals surface area contributed by atoms with E-state index >= 15 is 0 Å². The Kier molecular flexibility index (Phi) is 4.29. The minimum absolute atomic E-state index is 0.00337. The maximum Gasteiger partial charge on any atom is 0.251 e. The molecule has 25 heavy (non-hydrogen) atoms. The SMILES string of the molecule is CCO[C@H]1C[C@H](NC(=O)c2ccc(-n3cncn3)cc2)C12CCCC2. The summed E-state index contributed by atoms with van der Waals surface area (Å²) in [4.78, 5) is 16.6. The highest BCUT2D eigenvalue weighted by molar-refractivity contribution is 5.94. The van der Waals surface area contributed by atoms with Gasteiger partial charge in [0.05, 0.1) is 11.8 Å². The highest BCUT2D eigenvalue weighted by Gasteiger charge is 2.57. The highest BCUT2D eigenvalue weighted by atomic mass is 16.5. The number of nitrogens with one attached hydrogen (secondary N) is 1. The van der Waals surface area contributed by atoms with E-state index in [2.05, 4.69) is 15.4 Å². The Morgan fingerprint density at radius 3 is 2.72 bits per heavy atom. The van der Waals surface area contributed by atoms with Gasteiger partial charge in [-0.25, -0.2) is 9.67 Å². The van der Waals surface area contributed by atoms with Crippen LogP contribution in [0.2, 0.25) is 0 Å². The molecule has 2 aliphatic carbocycles. The predicted octanol–water partition coefficient (Wildman–Crippen LogP) is 2.73. The van der Waals surface area contributed by atoms with E-state index < -0.39 is 0 Å².